The van der Waals surface area contributed by atoms with Crippen molar-refractivity contribution in [3.63, 3.8) is 0 Å². The van der Waals surface area contributed by atoms with Crippen molar-refractivity contribution in [1.82, 2.24) is 24.6 Å². The highest BCUT2D eigenvalue weighted by atomic mass is 35.5. The molecular weight excluding hydrogens is 438 g/mol. The molecule has 5 rings (SSSR count). The first kappa shape index (κ1) is 22.0. The number of benzene rings is 1. The summed E-state index contributed by atoms with van der Waals surface area (Å²) in [6, 6.07) is 9.56. The molecule has 33 heavy (non-hydrogen) atoms. The number of fused-ring (bicyclic) bond motifs is 1. The molecule has 3 aromatic rings. The van der Waals surface area contributed by atoms with Crippen LogP contribution in [-0.4, -0.2) is 44.3 Å². The summed E-state index contributed by atoms with van der Waals surface area (Å²) in [6.45, 7) is 2.05. The van der Waals surface area contributed by atoms with Crippen LogP contribution in [0.3, 0.4) is 0 Å². The number of halogens is 1. The molecule has 0 amide bonds. The third-order valence-corrected chi connectivity index (χ3v) is 7.07. The van der Waals surface area contributed by atoms with Crippen LogP contribution in [-0.2, 0) is 24.2 Å². The van der Waals surface area contributed by atoms with Gasteiger partial charge in [0.15, 0.2) is 5.69 Å². The summed E-state index contributed by atoms with van der Waals surface area (Å²) >= 11 is 6.73. The maximum Gasteiger partial charge on any atom is 0.358 e. The third kappa shape index (κ3) is 4.52. The number of methoxy groups -OCH3 is 1. The van der Waals surface area contributed by atoms with E-state index in [1.165, 1.54) is 39.2 Å². The van der Waals surface area contributed by atoms with E-state index in [4.69, 9.17) is 26.3 Å². The lowest BCUT2D eigenvalue weighted by Gasteiger charge is -2.29. The van der Waals surface area contributed by atoms with Gasteiger partial charge in [0.1, 0.15) is 11.0 Å². The van der Waals surface area contributed by atoms with Crippen LogP contribution in [0.1, 0.15) is 71.2 Å². The Hall–Kier alpha value is -2.77. The van der Waals surface area contributed by atoms with Crippen molar-refractivity contribution in [2.75, 3.05) is 13.7 Å². The van der Waals surface area contributed by atoms with Gasteiger partial charge >= 0.3 is 5.97 Å². The van der Waals surface area contributed by atoms with Crippen LogP contribution in [0.4, 0.5) is 0 Å². The Balaban J connectivity index is 1.38. The average Bonchev–Trinajstić information content (AvgIpc) is 3.20. The van der Waals surface area contributed by atoms with E-state index in [1.54, 1.807) is 4.68 Å². The van der Waals surface area contributed by atoms with Crippen molar-refractivity contribution in [3.05, 3.63) is 70.0 Å². The number of hydrogen-bond acceptors (Lipinski definition) is 6. The summed E-state index contributed by atoms with van der Waals surface area (Å²) in [7, 11) is 1.36. The Morgan fingerprint density at radius 3 is 2.73 bits per heavy atom. The average molecular weight is 466 g/mol. The molecule has 0 spiro atoms. The summed E-state index contributed by atoms with van der Waals surface area (Å²) in [5, 5.41) is 4.91. The van der Waals surface area contributed by atoms with E-state index >= 15 is 0 Å². The lowest BCUT2D eigenvalue weighted by atomic mass is 9.88. The van der Waals surface area contributed by atoms with Crippen molar-refractivity contribution in [1.29, 1.82) is 0 Å². The van der Waals surface area contributed by atoms with Crippen LogP contribution in [0, 0.1) is 0 Å². The molecule has 0 unspecified atom stereocenters. The minimum absolute atomic E-state index is 0.251. The molecule has 1 aliphatic carbocycles. The van der Waals surface area contributed by atoms with Crippen molar-refractivity contribution < 1.29 is 9.53 Å². The predicted molar refractivity (Wildman–Crippen MR) is 126 cm³/mol. The van der Waals surface area contributed by atoms with Crippen molar-refractivity contribution in [2.24, 2.45) is 0 Å². The van der Waals surface area contributed by atoms with E-state index in [0.29, 0.717) is 29.7 Å². The topological polar surface area (TPSA) is 73.1 Å². The highest BCUT2D eigenvalue weighted by Gasteiger charge is 2.28. The summed E-state index contributed by atoms with van der Waals surface area (Å²) < 4.78 is 6.58. The van der Waals surface area contributed by atoms with E-state index in [1.807, 2.05) is 36.5 Å². The zero-order valence-corrected chi connectivity index (χ0v) is 19.6. The summed E-state index contributed by atoms with van der Waals surface area (Å²) in [5.41, 5.74) is 4.02. The summed E-state index contributed by atoms with van der Waals surface area (Å²) in [6.07, 6.45) is 9.13. The number of rotatable bonds is 5. The van der Waals surface area contributed by atoms with E-state index in [9.17, 15) is 4.79 Å². The molecule has 8 heteroatoms. The molecule has 1 aromatic carbocycles. The molecule has 0 bridgehead atoms. The predicted octanol–water partition coefficient (Wildman–Crippen LogP) is 4.71. The van der Waals surface area contributed by atoms with Crippen LogP contribution in [0.2, 0.25) is 5.15 Å². The maximum atomic E-state index is 12.5. The minimum Gasteiger partial charge on any atom is -0.464 e. The van der Waals surface area contributed by atoms with Gasteiger partial charge < -0.3 is 4.74 Å². The van der Waals surface area contributed by atoms with Gasteiger partial charge in [-0.05, 0) is 25.0 Å². The van der Waals surface area contributed by atoms with Gasteiger partial charge in [-0.25, -0.2) is 19.4 Å². The normalized spacial score (nSPS) is 17.0. The van der Waals surface area contributed by atoms with Crippen LogP contribution < -0.4 is 0 Å². The lowest BCUT2D eigenvalue weighted by Crippen LogP contribution is -2.32. The number of esters is 1. The summed E-state index contributed by atoms with van der Waals surface area (Å²) in [5.74, 6) is 1.04. The van der Waals surface area contributed by atoms with Gasteiger partial charge in [0.05, 0.1) is 12.8 Å². The Morgan fingerprint density at radius 1 is 1.18 bits per heavy atom. The van der Waals surface area contributed by atoms with Gasteiger partial charge in [0.2, 0.25) is 0 Å². The minimum atomic E-state index is -0.487. The molecule has 3 heterocycles. The molecule has 0 atom stereocenters. The number of aromatic nitrogens is 4. The van der Waals surface area contributed by atoms with Crippen LogP contribution in [0.5, 0.6) is 0 Å². The number of carbonyl (C=O) groups is 1. The third-order valence-electron chi connectivity index (χ3n) is 6.68. The zero-order valence-electron chi connectivity index (χ0n) is 18.8. The van der Waals surface area contributed by atoms with Gasteiger partial charge in [-0.15, -0.1) is 0 Å². The molecule has 0 saturated heterocycles. The van der Waals surface area contributed by atoms with E-state index in [-0.39, 0.29) is 5.69 Å². The van der Waals surface area contributed by atoms with Crippen molar-refractivity contribution >= 4 is 17.6 Å². The second-order valence-electron chi connectivity index (χ2n) is 8.85. The number of hydrogen-bond donors (Lipinski definition) is 0. The molecule has 0 N–H and O–H groups in total. The fraction of sp³-hybridized carbons (Fsp3) is 0.440. The zero-order chi connectivity index (χ0) is 22.8. The van der Waals surface area contributed by atoms with E-state index < -0.39 is 5.97 Å². The van der Waals surface area contributed by atoms with Crippen LogP contribution >= 0.6 is 11.6 Å². The largest absolute Gasteiger partial charge is 0.464 e. The fourth-order valence-electron chi connectivity index (χ4n) is 4.88. The van der Waals surface area contributed by atoms with Crippen molar-refractivity contribution in [2.45, 2.75) is 57.5 Å². The molecule has 1 saturated carbocycles. The van der Waals surface area contributed by atoms with E-state index in [2.05, 4.69) is 10.00 Å². The SMILES string of the molecule is COC(=O)c1nn(-c2ccccc2)c(Cl)c1CN1CCc2nc(C3CCCCC3)ncc2C1. The molecule has 1 fully saturated rings. The number of carbonyl (C=O) groups excluding carboxylic acids is 1. The molecule has 2 aromatic heterocycles. The summed E-state index contributed by atoms with van der Waals surface area (Å²) in [4.78, 5) is 24.4. The second kappa shape index (κ2) is 9.61. The molecule has 172 valence electrons. The van der Waals surface area contributed by atoms with Gasteiger partial charge in [0.25, 0.3) is 0 Å². The monoisotopic (exact) mass is 465 g/mol. The molecular formula is C25H28ClN5O2. The fourth-order valence-corrected chi connectivity index (χ4v) is 5.16. The number of nitrogens with zero attached hydrogens (tertiary/aromatic N) is 5. The Bertz CT molecular complexity index is 1140. The second-order valence-corrected chi connectivity index (χ2v) is 9.21. The Morgan fingerprint density at radius 2 is 1.97 bits per heavy atom. The van der Waals surface area contributed by atoms with Crippen LogP contribution in [0.15, 0.2) is 36.5 Å². The Kier molecular flexibility index (Phi) is 6.42. The molecule has 7 nitrogen and oxygen atoms in total. The first-order valence-corrected chi connectivity index (χ1v) is 12.0. The van der Waals surface area contributed by atoms with Gasteiger partial charge in [0, 0.05) is 55.0 Å². The molecule has 0 radical (unpaired) electrons. The van der Waals surface area contributed by atoms with Crippen molar-refractivity contribution in [3.8, 4) is 5.69 Å². The van der Waals surface area contributed by atoms with Gasteiger partial charge in [-0.2, -0.15) is 5.10 Å². The van der Waals surface area contributed by atoms with Crippen LogP contribution in [0.25, 0.3) is 5.69 Å². The lowest BCUT2D eigenvalue weighted by molar-refractivity contribution is 0.0591. The first-order chi connectivity index (χ1) is 16.1. The Labute approximate surface area is 198 Å². The number of ether oxygens (including phenoxy) is 1. The highest BCUT2D eigenvalue weighted by molar-refractivity contribution is 6.31. The molecule has 2 aliphatic rings. The molecule has 1 aliphatic heterocycles. The van der Waals surface area contributed by atoms with Gasteiger partial charge in [-0.3, -0.25) is 4.90 Å². The smallest absolute Gasteiger partial charge is 0.358 e. The van der Waals surface area contributed by atoms with E-state index in [0.717, 1.165) is 35.7 Å². The quantitative estimate of drug-likeness (QED) is 0.508. The van der Waals surface area contributed by atoms with Gasteiger partial charge in [-0.1, -0.05) is 49.1 Å². The standard InChI is InChI=1S/C25H28ClN5O2/c1-33-25(32)22-20(23(26)31(29-22)19-10-6-3-7-11-19)16-30-13-12-21-18(15-30)14-27-24(28-21)17-8-4-2-5-9-17/h3,6-7,10-11,14,17H,2,4-5,8-9,12-13,15-16H2,1H3. The first-order valence-electron chi connectivity index (χ1n) is 11.6. The maximum absolute atomic E-state index is 12.5. The highest BCUT2D eigenvalue weighted by Crippen LogP contribution is 2.32. The number of para-hydroxylation sites is 1.